The number of ether oxygens (including phenoxy) is 3. The lowest BCUT2D eigenvalue weighted by Gasteiger charge is -2.37. The normalized spacial score (nSPS) is 20.5. The second-order valence-corrected chi connectivity index (χ2v) is 15.0. The van der Waals surface area contributed by atoms with E-state index >= 15 is 0 Å². The van der Waals surface area contributed by atoms with Crippen molar-refractivity contribution in [1.29, 1.82) is 0 Å². The van der Waals surface area contributed by atoms with Gasteiger partial charge >= 0.3 is 5.97 Å². The molecule has 2 atom stereocenters. The SMILES string of the molecule is CCOC(=O)[C@@]1(c2ccc(Cl)cc2)N=C(c2ccc(OC)cc2OC(C)C)N(S(=O)(=O)CCN2CCN(C)CC2)[C@@H]1c1ccc(Cl)cc1. The Morgan fingerprint density at radius 2 is 1.60 bits per heavy atom. The predicted octanol–water partition coefficient (Wildman–Crippen LogP) is 5.63. The summed E-state index contributed by atoms with van der Waals surface area (Å²) in [5.74, 6) is 0.000611. The fourth-order valence-electron chi connectivity index (χ4n) is 6.09. The van der Waals surface area contributed by atoms with E-state index in [4.69, 9.17) is 42.4 Å². The van der Waals surface area contributed by atoms with E-state index < -0.39 is 27.6 Å². The number of benzene rings is 3. The van der Waals surface area contributed by atoms with Crippen molar-refractivity contribution in [3.63, 3.8) is 0 Å². The summed E-state index contributed by atoms with van der Waals surface area (Å²) in [5.41, 5.74) is -0.560. The van der Waals surface area contributed by atoms with E-state index in [0.717, 1.165) is 26.2 Å². The van der Waals surface area contributed by atoms with Crippen LogP contribution in [0, 0.1) is 0 Å². The monoisotopic (exact) mass is 716 g/mol. The first-order valence-electron chi connectivity index (χ1n) is 16.0. The van der Waals surface area contributed by atoms with E-state index in [1.807, 2.05) is 13.8 Å². The number of methoxy groups -OCH3 is 1. The fraction of sp³-hybridized carbons (Fsp3) is 0.429. The zero-order chi connectivity index (χ0) is 34.6. The molecule has 2 heterocycles. The van der Waals surface area contributed by atoms with Crippen LogP contribution in [-0.2, 0) is 25.1 Å². The highest BCUT2D eigenvalue weighted by molar-refractivity contribution is 7.89. The molecule has 0 unspecified atom stereocenters. The van der Waals surface area contributed by atoms with Crippen molar-refractivity contribution in [2.24, 2.45) is 4.99 Å². The topological polar surface area (TPSA) is 101 Å². The third kappa shape index (κ3) is 7.45. The van der Waals surface area contributed by atoms with Crippen molar-refractivity contribution in [3.8, 4) is 11.5 Å². The number of hydrogen-bond donors (Lipinski definition) is 0. The van der Waals surface area contributed by atoms with Crippen molar-refractivity contribution >= 4 is 45.0 Å². The number of rotatable bonds is 12. The number of piperazine rings is 1. The summed E-state index contributed by atoms with van der Waals surface area (Å²) in [4.78, 5) is 24.0. The van der Waals surface area contributed by atoms with Gasteiger partial charge in [0.1, 0.15) is 17.5 Å². The largest absolute Gasteiger partial charge is 0.497 e. The summed E-state index contributed by atoms with van der Waals surface area (Å²) in [7, 11) is -0.589. The summed E-state index contributed by atoms with van der Waals surface area (Å²) in [6, 6.07) is 17.4. The van der Waals surface area contributed by atoms with Crippen molar-refractivity contribution in [1.82, 2.24) is 14.1 Å². The van der Waals surface area contributed by atoms with E-state index in [9.17, 15) is 13.2 Å². The predicted molar refractivity (Wildman–Crippen MR) is 189 cm³/mol. The van der Waals surface area contributed by atoms with Gasteiger partial charge in [-0.25, -0.2) is 22.5 Å². The lowest BCUT2D eigenvalue weighted by molar-refractivity contribution is -0.151. The van der Waals surface area contributed by atoms with E-state index in [1.165, 1.54) is 4.31 Å². The molecular weight excluding hydrogens is 675 g/mol. The van der Waals surface area contributed by atoms with Gasteiger partial charge in [-0.3, -0.25) is 4.90 Å². The molecule has 1 saturated heterocycles. The van der Waals surface area contributed by atoms with E-state index in [0.29, 0.717) is 44.8 Å². The summed E-state index contributed by atoms with van der Waals surface area (Å²) >= 11 is 12.6. The fourth-order valence-corrected chi connectivity index (χ4v) is 8.02. The number of nitrogens with zero attached hydrogens (tertiary/aromatic N) is 4. The minimum Gasteiger partial charge on any atom is -0.497 e. The third-order valence-electron chi connectivity index (χ3n) is 8.53. The Kier molecular flexibility index (Phi) is 11.3. The number of aliphatic imine (C=N–C) groups is 1. The second kappa shape index (κ2) is 15.0. The van der Waals surface area contributed by atoms with E-state index in [1.54, 1.807) is 80.8 Å². The summed E-state index contributed by atoms with van der Waals surface area (Å²) in [6.07, 6.45) is -0.265. The lowest BCUT2D eigenvalue weighted by atomic mass is 9.80. The molecule has 0 N–H and O–H groups in total. The molecule has 48 heavy (non-hydrogen) atoms. The number of sulfonamides is 1. The van der Waals surface area contributed by atoms with E-state index in [2.05, 4.69) is 16.8 Å². The van der Waals surface area contributed by atoms with Crippen LogP contribution in [0.2, 0.25) is 10.0 Å². The van der Waals surface area contributed by atoms with Gasteiger partial charge in [-0.2, -0.15) is 0 Å². The number of amidine groups is 1. The zero-order valence-corrected chi connectivity index (χ0v) is 30.2. The van der Waals surface area contributed by atoms with Crippen LogP contribution in [-0.4, -0.2) is 99.7 Å². The maximum absolute atomic E-state index is 14.9. The van der Waals surface area contributed by atoms with Crippen LogP contribution in [0.15, 0.2) is 71.7 Å². The molecule has 1 fully saturated rings. The Balaban J connectivity index is 1.79. The summed E-state index contributed by atoms with van der Waals surface area (Å²) in [5, 5.41) is 0.904. The molecule has 0 bridgehead atoms. The molecule has 0 radical (unpaired) electrons. The summed E-state index contributed by atoms with van der Waals surface area (Å²) in [6.45, 7) is 8.97. The van der Waals surface area contributed by atoms with Gasteiger partial charge in [0.05, 0.1) is 31.1 Å². The quantitative estimate of drug-likeness (QED) is 0.223. The second-order valence-electron chi connectivity index (χ2n) is 12.2. The van der Waals surface area contributed by atoms with Gasteiger partial charge in [0.25, 0.3) is 0 Å². The smallest absolute Gasteiger partial charge is 0.341 e. The van der Waals surface area contributed by atoms with E-state index in [-0.39, 0.29) is 24.3 Å². The standard InChI is InChI=1S/C35H42Cl2N4O6S/c1-6-46-34(42)35(26-9-13-28(37)14-10-26)32(25-7-11-27(36)12-8-25)41(48(43,44)22-21-40-19-17-39(4)18-20-40)33(38-35)30-16-15-29(45-5)23-31(30)47-24(2)3/h7-16,23-24,32H,6,17-22H2,1-5H3/t32-,35+/m1/s1. The van der Waals surface area contributed by atoms with Crippen LogP contribution >= 0.6 is 23.2 Å². The number of carbonyl (C=O) groups is 1. The number of carbonyl (C=O) groups excluding carboxylic acids is 1. The molecule has 0 amide bonds. The van der Waals surface area contributed by atoms with Gasteiger partial charge in [-0.1, -0.05) is 47.5 Å². The molecule has 0 saturated carbocycles. The lowest BCUT2D eigenvalue weighted by Crippen LogP contribution is -2.49. The maximum Gasteiger partial charge on any atom is 0.341 e. The first-order chi connectivity index (χ1) is 22.9. The van der Waals surface area contributed by atoms with Crippen LogP contribution in [0.1, 0.15) is 43.5 Å². The number of halogens is 2. The van der Waals surface area contributed by atoms with Crippen LogP contribution in [0.5, 0.6) is 11.5 Å². The molecule has 13 heteroatoms. The van der Waals surface area contributed by atoms with Gasteiger partial charge in [0.2, 0.25) is 15.6 Å². The van der Waals surface area contributed by atoms with Gasteiger partial charge < -0.3 is 19.1 Å². The molecule has 258 valence electrons. The van der Waals surface area contributed by atoms with Crippen LogP contribution in [0.4, 0.5) is 0 Å². The minimum absolute atomic E-state index is 0.0484. The highest BCUT2D eigenvalue weighted by Gasteiger charge is 2.60. The zero-order valence-electron chi connectivity index (χ0n) is 27.9. The van der Waals surface area contributed by atoms with Crippen molar-refractivity contribution in [2.45, 2.75) is 38.5 Å². The first kappa shape index (κ1) is 35.9. The Bertz CT molecular complexity index is 1730. The Morgan fingerprint density at radius 3 is 2.19 bits per heavy atom. The Labute approximate surface area is 293 Å². The molecular formula is C35H42Cl2N4O6S. The summed E-state index contributed by atoms with van der Waals surface area (Å²) < 4.78 is 48.6. The van der Waals surface area contributed by atoms with Crippen molar-refractivity contribution < 1.29 is 27.4 Å². The first-order valence-corrected chi connectivity index (χ1v) is 18.3. The molecule has 0 aromatic heterocycles. The maximum atomic E-state index is 14.9. The van der Waals surface area contributed by atoms with Gasteiger partial charge in [0, 0.05) is 48.8 Å². The number of likely N-dealkylation sites (N-methyl/N-ethyl adjacent to an activating group) is 1. The van der Waals surface area contributed by atoms with Crippen LogP contribution in [0.25, 0.3) is 0 Å². The molecule has 3 aromatic rings. The molecule has 3 aromatic carbocycles. The molecule has 2 aliphatic rings. The highest BCUT2D eigenvalue weighted by Crippen LogP contribution is 2.52. The molecule has 0 aliphatic carbocycles. The van der Waals surface area contributed by atoms with Crippen LogP contribution in [0.3, 0.4) is 0 Å². The van der Waals surface area contributed by atoms with Crippen molar-refractivity contribution in [2.75, 3.05) is 59.2 Å². The third-order valence-corrected chi connectivity index (χ3v) is 10.7. The van der Waals surface area contributed by atoms with Gasteiger partial charge in [-0.15, -0.1) is 0 Å². The van der Waals surface area contributed by atoms with Gasteiger partial charge in [0.15, 0.2) is 5.84 Å². The molecule has 10 nitrogen and oxygen atoms in total. The Morgan fingerprint density at radius 1 is 0.979 bits per heavy atom. The molecule has 5 rings (SSSR count). The minimum atomic E-state index is -4.18. The van der Waals surface area contributed by atoms with Crippen molar-refractivity contribution in [3.05, 3.63) is 93.5 Å². The number of hydrogen-bond acceptors (Lipinski definition) is 9. The molecule has 0 spiro atoms. The average Bonchev–Trinajstić information content (AvgIpc) is 3.43. The average molecular weight is 718 g/mol. The molecule has 2 aliphatic heterocycles. The highest BCUT2D eigenvalue weighted by atomic mass is 35.5. The number of esters is 1. The van der Waals surface area contributed by atoms with Gasteiger partial charge in [-0.05, 0) is 75.3 Å². The van der Waals surface area contributed by atoms with Crippen LogP contribution < -0.4 is 9.47 Å². The Hall–Kier alpha value is -3.35.